The molecular weight excluding hydrogens is 282 g/mol. The molecule has 96 valence electrons. The first-order valence-electron chi connectivity index (χ1n) is 6.26. The monoisotopic (exact) mass is 301 g/mol. The molecule has 0 aromatic carbocycles. The summed E-state index contributed by atoms with van der Waals surface area (Å²) in [6, 6.07) is 4.70. The van der Waals surface area contributed by atoms with Gasteiger partial charge < -0.3 is 14.5 Å². The predicted octanol–water partition coefficient (Wildman–Crippen LogP) is 3.51. The summed E-state index contributed by atoms with van der Waals surface area (Å²) in [5.74, 6) is 1.69. The summed E-state index contributed by atoms with van der Waals surface area (Å²) >= 11 is 3.33. The Bertz CT molecular complexity index is 347. The Labute approximate surface area is 111 Å². The van der Waals surface area contributed by atoms with Crippen molar-refractivity contribution in [3.8, 4) is 0 Å². The van der Waals surface area contributed by atoms with Gasteiger partial charge in [0.15, 0.2) is 4.67 Å². The Morgan fingerprint density at radius 3 is 2.59 bits per heavy atom. The third kappa shape index (κ3) is 3.57. The zero-order valence-corrected chi connectivity index (χ0v) is 12.0. The van der Waals surface area contributed by atoms with Gasteiger partial charge in [-0.2, -0.15) is 0 Å². The maximum absolute atomic E-state index is 5.56. The number of halogens is 1. The second kappa shape index (κ2) is 6.03. The number of hydrogen-bond acceptors (Lipinski definition) is 3. The molecule has 17 heavy (non-hydrogen) atoms. The molecule has 0 aliphatic carbocycles. The summed E-state index contributed by atoms with van der Waals surface area (Å²) in [6.45, 7) is 6.19. The van der Waals surface area contributed by atoms with Crippen LogP contribution in [-0.4, -0.2) is 19.3 Å². The molecular formula is C13H20BrNO2. The second-order valence-corrected chi connectivity index (χ2v) is 5.55. The Kier molecular flexibility index (Phi) is 4.65. The molecule has 0 bridgehead atoms. The fourth-order valence-corrected chi connectivity index (χ4v) is 2.71. The van der Waals surface area contributed by atoms with Gasteiger partial charge in [0.1, 0.15) is 5.76 Å². The number of rotatable bonds is 4. The quantitative estimate of drug-likeness (QED) is 0.924. The van der Waals surface area contributed by atoms with Gasteiger partial charge in [0, 0.05) is 19.3 Å². The highest BCUT2D eigenvalue weighted by Gasteiger charge is 2.22. The molecule has 0 amide bonds. The van der Waals surface area contributed by atoms with Gasteiger partial charge in [-0.25, -0.2) is 0 Å². The van der Waals surface area contributed by atoms with E-state index in [-0.39, 0.29) is 6.04 Å². The molecule has 2 rings (SSSR count). The Balaban J connectivity index is 1.87. The smallest absolute Gasteiger partial charge is 0.169 e. The summed E-state index contributed by atoms with van der Waals surface area (Å²) < 4.78 is 11.7. The van der Waals surface area contributed by atoms with Crippen molar-refractivity contribution >= 4 is 15.9 Å². The molecule has 2 heterocycles. The van der Waals surface area contributed by atoms with Crippen molar-refractivity contribution in [1.29, 1.82) is 0 Å². The van der Waals surface area contributed by atoms with Crippen molar-refractivity contribution in [2.24, 2.45) is 5.92 Å². The maximum Gasteiger partial charge on any atom is 0.169 e. The normalized spacial score (nSPS) is 21.4. The van der Waals surface area contributed by atoms with E-state index in [9.17, 15) is 0 Å². The summed E-state index contributed by atoms with van der Waals surface area (Å²) in [5, 5.41) is 3.61. The summed E-state index contributed by atoms with van der Waals surface area (Å²) in [6.07, 6.45) is 2.31. The lowest BCUT2D eigenvalue weighted by atomic mass is 9.92. The minimum absolute atomic E-state index is 0.249. The molecule has 1 aromatic heterocycles. The Hall–Kier alpha value is -0.320. The highest BCUT2D eigenvalue weighted by molar-refractivity contribution is 9.10. The van der Waals surface area contributed by atoms with Gasteiger partial charge in [-0.1, -0.05) is 0 Å². The van der Waals surface area contributed by atoms with Gasteiger partial charge in [0.25, 0.3) is 0 Å². The SMILES string of the molecule is CC(NC(C)C1CCOCC1)c1ccc(Br)o1. The standard InChI is InChI=1S/C13H20BrNO2/c1-9(11-5-7-16-8-6-11)15-10(2)12-3-4-13(14)17-12/h3-4,9-11,15H,5-8H2,1-2H3. The van der Waals surface area contributed by atoms with E-state index in [1.54, 1.807) is 0 Å². The summed E-state index contributed by atoms with van der Waals surface area (Å²) in [4.78, 5) is 0. The van der Waals surface area contributed by atoms with E-state index in [0.717, 1.165) is 36.5 Å². The predicted molar refractivity (Wildman–Crippen MR) is 71.0 cm³/mol. The van der Waals surface area contributed by atoms with Gasteiger partial charge in [-0.05, 0) is 60.7 Å². The zero-order chi connectivity index (χ0) is 12.3. The highest BCUT2D eigenvalue weighted by atomic mass is 79.9. The number of nitrogens with one attached hydrogen (secondary N) is 1. The first-order chi connectivity index (χ1) is 8.16. The Morgan fingerprint density at radius 1 is 1.29 bits per heavy atom. The summed E-state index contributed by atoms with van der Waals surface area (Å²) in [7, 11) is 0. The number of hydrogen-bond donors (Lipinski definition) is 1. The van der Waals surface area contributed by atoms with Gasteiger partial charge in [-0.3, -0.25) is 0 Å². The number of furan rings is 1. The van der Waals surface area contributed by atoms with E-state index in [2.05, 4.69) is 35.1 Å². The van der Waals surface area contributed by atoms with Crippen LogP contribution in [0.3, 0.4) is 0 Å². The minimum atomic E-state index is 0.249. The zero-order valence-electron chi connectivity index (χ0n) is 10.4. The minimum Gasteiger partial charge on any atom is -0.453 e. The van der Waals surface area contributed by atoms with E-state index in [0.29, 0.717) is 12.0 Å². The molecule has 0 saturated carbocycles. The molecule has 3 nitrogen and oxygen atoms in total. The lowest BCUT2D eigenvalue weighted by Gasteiger charge is -2.30. The van der Waals surface area contributed by atoms with Gasteiger partial charge in [0.05, 0.1) is 6.04 Å². The van der Waals surface area contributed by atoms with Crippen LogP contribution in [0.25, 0.3) is 0 Å². The lowest BCUT2D eigenvalue weighted by Crippen LogP contribution is -2.38. The van der Waals surface area contributed by atoms with Crippen LogP contribution in [0.4, 0.5) is 0 Å². The molecule has 1 saturated heterocycles. The van der Waals surface area contributed by atoms with Crippen molar-refractivity contribution < 1.29 is 9.15 Å². The van der Waals surface area contributed by atoms with Crippen LogP contribution in [-0.2, 0) is 4.74 Å². The molecule has 1 N–H and O–H groups in total. The molecule has 2 unspecified atom stereocenters. The van der Waals surface area contributed by atoms with Crippen LogP contribution in [0, 0.1) is 5.92 Å². The molecule has 1 aliphatic heterocycles. The topological polar surface area (TPSA) is 34.4 Å². The van der Waals surface area contributed by atoms with Gasteiger partial charge in [0.2, 0.25) is 0 Å². The van der Waals surface area contributed by atoms with Crippen molar-refractivity contribution in [2.45, 2.75) is 38.8 Å². The van der Waals surface area contributed by atoms with Crippen molar-refractivity contribution in [3.05, 3.63) is 22.6 Å². The average molecular weight is 302 g/mol. The third-order valence-corrected chi connectivity index (χ3v) is 3.93. The molecule has 1 aliphatic rings. The molecule has 0 spiro atoms. The van der Waals surface area contributed by atoms with Gasteiger partial charge in [-0.15, -0.1) is 0 Å². The first-order valence-corrected chi connectivity index (χ1v) is 7.05. The van der Waals surface area contributed by atoms with Crippen molar-refractivity contribution in [3.63, 3.8) is 0 Å². The van der Waals surface area contributed by atoms with Crippen LogP contribution >= 0.6 is 15.9 Å². The molecule has 2 atom stereocenters. The molecule has 1 fully saturated rings. The summed E-state index contributed by atoms with van der Waals surface area (Å²) in [5.41, 5.74) is 0. The molecule has 0 radical (unpaired) electrons. The second-order valence-electron chi connectivity index (χ2n) is 4.77. The maximum atomic E-state index is 5.56. The van der Waals surface area contributed by atoms with Crippen molar-refractivity contribution in [2.75, 3.05) is 13.2 Å². The first kappa shape index (κ1) is 13.1. The van der Waals surface area contributed by atoms with Crippen LogP contribution < -0.4 is 5.32 Å². The van der Waals surface area contributed by atoms with Crippen LogP contribution in [0.5, 0.6) is 0 Å². The molecule has 4 heteroatoms. The third-order valence-electron chi connectivity index (χ3n) is 3.51. The van der Waals surface area contributed by atoms with Gasteiger partial charge >= 0.3 is 0 Å². The van der Waals surface area contributed by atoms with E-state index in [1.807, 2.05) is 12.1 Å². The molecule has 1 aromatic rings. The van der Waals surface area contributed by atoms with E-state index >= 15 is 0 Å². The lowest BCUT2D eigenvalue weighted by molar-refractivity contribution is 0.0543. The van der Waals surface area contributed by atoms with E-state index in [1.165, 1.54) is 0 Å². The van der Waals surface area contributed by atoms with Crippen LogP contribution in [0.15, 0.2) is 21.2 Å². The van der Waals surface area contributed by atoms with E-state index in [4.69, 9.17) is 9.15 Å². The Morgan fingerprint density at radius 2 is 2.00 bits per heavy atom. The van der Waals surface area contributed by atoms with Crippen molar-refractivity contribution in [1.82, 2.24) is 5.32 Å². The van der Waals surface area contributed by atoms with Crippen LogP contribution in [0.2, 0.25) is 0 Å². The fraction of sp³-hybridized carbons (Fsp3) is 0.692. The van der Waals surface area contributed by atoms with Crippen LogP contribution in [0.1, 0.15) is 38.5 Å². The largest absolute Gasteiger partial charge is 0.453 e. The number of ether oxygens (including phenoxy) is 1. The highest BCUT2D eigenvalue weighted by Crippen LogP contribution is 2.24. The fourth-order valence-electron chi connectivity index (χ4n) is 2.39. The average Bonchev–Trinajstić information content (AvgIpc) is 2.77. The van der Waals surface area contributed by atoms with E-state index < -0.39 is 0 Å².